The molecule has 3 atom stereocenters. The number of primary amides is 1. The molecule has 128 valence electrons. The molecule has 0 aromatic rings. The average Bonchev–Trinajstić information content (AvgIpc) is 3.14. The lowest BCUT2D eigenvalue weighted by Crippen LogP contribution is -2.55. The lowest BCUT2D eigenvalue weighted by Gasteiger charge is -2.28. The fourth-order valence-electron chi connectivity index (χ4n) is 3.16. The summed E-state index contributed by atoms with van der Waals surface area (Å²) in [5, 5.41) is 5.31. The highest BCUT2D eigenvalue weighted by atomic mass is 16.2. The van der Waals surface area contributed by atoms with Gasteiger partial charge in [0.1, 0.15) is 18.1 Å². The highest BCUT2D eigenvalue weighted by molar-refractivity contribution is 5.95. The quantitative estimate of drug-likeness (QED) is 0.581. The van der Waals surface area contributed by atoms with Gasteiger partial charge in [0, 0.05) is 13.0 Å². The van der Waals surface area contributed by atoms with Crippen LogP contribution in [0.3, 0.4) is 0 Å². The molecule has 0 bridgehead atoms. The van der Waals surface area contributed by atoms with E-state index in [1.165, 1.54) is 4.90 Å². The Morgan fingerprint density at radius 2 is 2.13 bits per heavy atom. The molecule has 8 heteroatoms. The van der Waals surface area contributed by atoms with E-state index in [0.717, 1.165) is 6.42 Å². The summed E-state index contributed by atoms with van der Waals surface area (Å²) < 4.78 is 0. The number of likely N-dealkylation sites (tertiary alicyclic amines) is 1. The maximum Gasteiger partial charge on any atom is 0.245 e. The summed E-state index contributed by atoms with van der Waals surface area (Å²) in [4.78, 5) is 49.0. The Morgan fingerprint density at radius 3 is 2.70 bits per heavy atom. The minimum absolute atomic E-state index is 0.156. The van der Waals surface area contributed by atoms with Gasteiger partial charge in [-0.2, -0.15) is 0 Å². The Balaban J connectivity index is 2.02. The summed E-state index contributed by atoms with van der Waals surface area (Å²) in [6.45, 7) is 2.39. The predicted molar refractivity (Wildman–Crippen MR) is 81.9 cm³/mol. The van der Waals surface area contributed by atoms with Crippen molar-refractivity contribution < 1.29 is 19.2 Å². The van der Waals surface area contributed by atoms with Gasteiger partial charge < -0.3 is 21.3 Å². The van der Waals surface area contributed by atoms with Gasteiger partial charge in [0.25, 0.3) is 0 Å². The van der Waals surface area contributed by atoms with Crippen LogP contribution in [0.4, 0.5) is 0 Å². The second kappa shape index (κ2) is 7.43. The topological polar surface area (TPSA) is 122 Å². The first kappa shape index (κ1) is 17.2. The third kappa shape index (κ3) is 4.00. The molecule has 0 radical (unpaired) electrons. The van der Waals surface area contributed by atoms with Crippen LogP contribution < -0.4 is 16.4 Å². The van der Waals surface area contributed by atoms with E-state index in [4.69, 9.17) is 5.73 Å². The smallest absolute Gasteiger partial charge is 0.245 e. The lowest BCUT2D eigenvalue weighted by atomic mass is 10.1. The van der Waals surface area contributed by atoms with Crippen molar-refractivity contribution in [3.8, 4) is 0 Å². The Kier molecular flexibility index (Phi) is 5.57. The van der Waals surface area contributed by atoms with Crippen molar-refractivity contribution >= 4 is 23.6 Å². The number of nitrogens with one attached hydrogen (secondary N) is 2. The SMILES string of the molecule is CCC[C@H](NC(=O)[C@@H]1CCC(=O)N1)C(=O)N1CCC[C@@H]1C(N)=O. The van der Waals surface area contributed by atoms with Gasteiger partial charge in [-0.05, 0) is 25.7 Å². The van der Waals surface area contributed by atoms with Crippen LogP contribution in [0.15, 0.2) is 0 Å². The van der Waals surface area contributed by atoms with E-state index < -0.39 is 24.0 Å². The zero-order valence-corrected chi connectivity index (χ0v) is 13.3. The third-order valence-corrected chi connectivity index (χ3v) is 4.37. The zero-order valence-electron chi connectivity index (χ0n) is 13.3. The maximum absolute atomic E-state index is 12.7. The molecule has 0 saturated carbocycles. The van der Waals surface area contributed by atoms with E-state index in [9.17, 15) is 19.2 Å². The summed E-state index contributed by atoms with van der Waals surface area (Å²) in [6, 6.07) is -1.87. The van der Waals surface area contributed by atoms with E-state index in [-0.39, 0.29) is 17.7 Å². The highest BCUT2D eigenvalue weighted by Gasteiger charge is 2.37. The van der Waals surface area contributed by atoms with E-state index in [1.807, 2.05) is 6.92 Å². The van der Waals surface area contributed by atoms with Gasteiger partial charge in [0.05, 0.1) is 0 Å². The zero-order chi connectivity index (χ0) is 17.0. The molecular weight excluding hydrogens is 300 g/mol. The van der Waals surface area contributed by atoms with E-state index >= 15 is 0 Å². The van der Waals surface area contributed by atoms with Gasteiger partial charge in [0.15, 0.2) is 0 Å². The van der Waals surface area contributed by atoms with Crippen LogP contribution in [-0.2, 0) is 19.2 Å². The van der Waals surface area contributed by atoms with Crippen LogP contribution >= 0.6 is 0 Å². The molecule has 4 N–H and O–H groups in total. The second-order valence-electron chi connectivity index (χ2n) is 6.10. The fraction of sp³-hybridized carbons (Fsp3) is 0.733. The standard InChI is InChI=1S/C15H24N4O4/c1-2-4-10(18-14(22)9-6-7-12(20)17-9)15(23)19-8-3-5-11(19)13(16)21/h9-11H,2-8H2,1H3,(H2,16,21)(H,17,20)(H,18,22)/t9-,10-,11+/m0/s1. The van der Waals surface area contributed by atoms with Crippen molar-refractivity contribution in [3.05, 3.63) is 0 Å². The normalized spacial score (nSPS) is 25.1. The Labute approximate surface area is 135 Å². The highest BCUT2D eigenvalue weighted by Crippen LogP contribution is 2.19. The van der Waals surface area contributed by atoms with E-state index in [2.05, 4.69) is 10.6 Å². The van der Waals surface area contributed by atoms with Crippen LogP contribution in [0, 0.1) is 0 Å². The van der Waals surface area contributed by atoms with Crippen molar-refractivity contribution in [1.82, 2.24) is 15.5 Å². The summed E-state index contributed by atoms with van der Waals surface area (Å²) in [5.41, 5.74) is 5.35. The van der Waals surface area contributed by atoms with Crippen LogP contribution in [0.25, 0.3) is 0 Å². The van der Waals surface area contributed by atoms with Crippen molar-refractivity contribution in [2.24, 2.45) is 5.73 Å². The number of amides is 4. The van der Waals surface area contributed by atoms with Crippen LogP contribution in [-0.4, -0.2) is 53.2 Å². The molecule has 2 rings (SSSR count). The summed E-state index contributed by atoms with van der Waals surface area (Å²) in [7, 11) is 0. The van der Waals surface area contributed by atoms with Crippen molar-refractivity contribution in [2.75, 3.05) is 6.54 Å². The van der Waals surface area contributed by atoms with Gasteiger partial charge in [-0.15, -0.1) is 0 Å². The van der Waals surface area contributed by atoms with Crippen LogP contribution in [0.1, 0.15) is 45.4 Å². The van der Waals surface area contributed by atoms with Crippen molar-refractivity contribution in [2.45, 2.75) is 63.6 Å². The first-order valence-corrected chi connectivity index (χ1v) is 8.13. The second-order valence-corrected chi connectivity index (χ2v) is 6.10. The molecule has 0 unspecified atom stereocenters. The molecule has 0 aromatic carbocycles. The molecular formula is C15H24N4O4. The van der Waals surface area contributed by atoms with Gasteiger partial charge in [-0.3, -0.25) is 19.2 Å². The predicted octanol–water partition coefficient (Wildman–Crippen LogP) is -0.974. The monoisotopic (exact) mass is 324 g/mol. The van der Waals surface area contributed by atoms with Crippen molar-refractivity contribution in [3.63, 3.8) is 0 Å². The van der Waals surface area contributed by atoms with Crippen molar-refractivity contribution in [1.29, 1.82) is 0 Å². The summed E-state index contributed by atoms with van der Waals surface area (Å²) in [5.74, 6) is -1.29. The van der Waals surface area contributed by atoms with Gasteiger partial charge in [-0.1, -0.05) is 13.3 Å². The molecule has 8 nitrogen and oxygen atoms in total. The fourth-order valence-corrected chi connectivity index (χ4v) is 3.16. The van der Waals surface area contributed by atoms with Gasteiger partial charge >= 0.3 is 0 Å². The molecule has 2 saturated heterocycles. The molecule has 0 aromatic heterocycles. The molecule has 2 heterocycles. The Morgan fingerprint density at radius 1 is 1.39 bits per heavy atom. The van der Waals surface area contributed by atoms with E-state index in [1.54, 1.807) is 0 Å². The number of hydrogen-bond donors (Lipinski definition) is 3. The molecule has 0 aliphatic carbocycles. The molecule has 2 aliphatic rings. The first-order valence-electron chi connectivity index (χ1n) is 8.13. The molecule has 23 heavy (non-hydrogen) atoms. The summed E-state index contributed by atoms with van der Waals surface area (Å²) >= 11 is 0. The molecule has 0 spiro atoms. The van der Waals surface area contributed by atoms with Gasteiger partial charge in [0.2, 0.25) is 23.6 Å². The molecule has 4 amide bonds. The Bertz CT molecular complexity index is 508. The minimum atomic E-state index is -0.690. The maximum atomic E-state index is 12.7. The van der Waals surface area contributed by atoms with Crippen LogP contribution in [0.2, 0.25) is 0 Å². The van der Waals surface area contributed by atoms with E-state index in [0.29, 0.717) is 38.6 Å². The third-order valence-electron chi connectivity index (χ3n) is 4.37. The minimum Gasteiger partial charge on any atom is -0.368 e. The number of nitrogens with two attached hydrogens (primary N) is 1. The molecule has 2 aliphatic heterocycles. The first-order chi connectivity index (χ1) is 10.9. The molecule has 2 fully saturated rings. The summed E-state index contributed by atoms with van der Waals surface area (Å²) in [6.07, 6.45) is 3.24. The van der Waals surface area contributed by atoms with Gasteiger partial charge in [-0.25, -0.2) is 0 Å². The largest absolute Gasteiger partial charge is 0.368 e. The van der Waals surface area contributed by atoms with Crippen LogP contribution in [0.5, 0.6) is 0 Å². The number of carbonyl (C=O) groups is 4. The number of nitrogens with zero attached hydrogens (tertiary/aromatic N) is 1. The lowest BCUT2D eigenvalue weighted by molar-refractivity contribution is -0.141. The number of hydrogen-bond acceptors (Lipinski definition) is 4. The number of rotatable bonds is 6. The number of carbonyl (C=O) groups excluding carboxylic acids is 4. The average molecular weight is 324 g/mol. The Hall–Kier alpha value is -2.12.